The normalized spacial score (nSPS) is 18.9. The first kappa shape index (κ1) is 14.4. The second-order valence-electron chi connectivity index (χ2n) is 4.35. The van der Waals surface area contributed by atoms with Crippen molar-refractivity contribution in [2.75, 3.05) is 26.3 Å². The number of furan rings is 1. The Morgan fingerprint density at radius 3 is 2.90 bits per heavy atom. The number of nitrogens with one attached hydrogen (secondary N) is 1. The van der Waals surface area contributed by atoms with Gasteiger partial charge >= 0.3 is 12.0 Å². The lowest BCUT2D eigenvalue weighted by Gasteiger charge is -2.31. The summed E-state index contributed by atoms with van der Waals surface area (Å²) < 4.78 is 10.3. The standard InChI is InChI=1S/C12H16N2O6/c15-7-9-6-14(3-4-19-9)12(18)13-5-8-1-2-10(20-8)11(16)17/h1-2,9,15H,3-7H2,(H,13,18)(H,16,17). The summed E-state index contributed by atoms with van der Waals surface area (Å²) in [7, 11) is 0. The van der Waals surface area contributed by atoms with Crippen LogP contribution in [0.25, 0.3) is 0 Å². The molecule has 1 aromatic heterocycles. The lowest BCUT2D eigenvalue weighted by Crippen LogP contribution is -2.50. The number of aromatic carboxylic acids is 1. The molecule has 0 radical (unpaired) electrons. The highest BCUT2D eigenvalue weighted by atomic mass is 16.5. The highest BCUT2D eigenvalue weighted by Crippen LogP contribution is 2.08. The fourth-order valence-electron chi connectivity index (χ4n) is 1.88. The van der Waals surface area contributed by atoms with Crippen LogP contribution in [0, 0.1) is 0 Å². The Bertz CT molecular complexity index is 486. The van der Waals surface area contributed by atoms with Crippen molar-refractivity contribution < 1.29 is 29.0 Å². The van der Waals surface area contributed by atoms with Gasteiger partial charge in [-0.25, -0.2) is 9.59 Å². The predicted molar refractivity (Wildman–Crippen MR) is 66.3 cm³/mol. The Hall–Kier alpha value is -2.06. The number of nitrogens with zero attached hydrogens (tertiary/aromatic N) is 1. The highest BCUT2D eigenvalue weighted by Gasteiger charge is 2.23. The summed E-state index contributed by atoms with van der Waals surface area (Å²) in [4.78, 5) is 24.1. The third-order valence-electron chi connectivity index (χ3n) is 2.92. The summed E-state index contributed by atoms with van der Waals surface area (Å²) in [6.45, 7) is 1.11. The molecular weight excluding hydrogens is 268 g/mol. The van der Waals surface area contributed by atoms with Gasteiger partial charge in [-0.15, -0.1) is 0 Å². The van der Waals surface area contributed by atoms with E-state index in [9.17, 15) is 9.59 Å². The van der Waals surface area contributed by atoms with Gasteiger partial charge in [-0.2, -0.15) is 0 Å². The number of rotatable bonds is 4. The van der Waals surface area contributed by atoms with Gasteiger partial charge in [0.2, 0.25) is 5.76 Å². The van der Waals surface area contributed by atoms with Crippen molar-refractivity contribution >= 4 is 12.0 Å². The molecular formula is C12H16N2O6. The monoisotopic (exact) mass is 284 g/mol. The molecule has 1 atom stereocenters. The lowest BCUT2D eigenvalue weighted by molar-refractivity contribution is -0.0403. The molecule has 0 saturated carbocycles. The van der Waals surface area contributed by atoms with E-state index in [1.807, 2.05) is 0 Å². The molecule has 3 N–H and O–H groups in total. The first-order chi connectivity index (χ1) is 9.60. The van der Waals surface area contributed by atoms with Gasteiger partial charge in [0, 0.05) is 6.54 Å². The van der Waals surface area contributed by atoms with Crippen LogP contribution in [0.1, 0.15) is 16.3 Å². The second kappa shape index (κ2) is 6.40. The van der Waals surface area contributed by atoms with Crippen LogP contribution < -0.4 is 5.32 Å². The van der Waals surface area contributed by atoms with Crippen LogP contribution in [0.3, 0.4) is 0 Å². The average Bonchev–Trinajstić information content (AvgIpc) is 2.94. The molecule has 8 nitrogen and oxygen atoms in total. The summed E-state index contributed by atoms with van der Waals surface area (Å²) >= 11 is 0. The zero-order valence-electron chi connectivity index (χ0n) is 10.7. The lowest BCUT2D eigenvalue weighted by atomic mass is 10.3. The number of hydrogen-bond donors (Lipinski definition) is 3. The molecule has 2 heterocycles. The number of ether oxygens (including phenoxy) is 1. The molecule has 1 aliphatic rings. The molecule has 0 bridgehead atoms. The zero-order chi connectivity index (χ0) is 14.5. The van der Waals surface area contributed by atoms with Crippen molar-refractivity contribution in [2.45, 2.75) is 12.6 Å². The minimum absolute atomic E-state index is 0.104. The molecule has 0 spiro atoms. The van der Waals surface area contributed by atoms with Crippen molar-refractivity contribution in [3.8, 4) is 0 Å². The number of carbonyl (C=O) groups excluding carboxylic acids is 1. The summed E-state index contributed by atoms with van der Waals surface area (Å²) in [5.74, 6) is -0.953. The number of aliphatic hydroxyl groups excluding tert-OH is 1. The van der Waals surface area contributed by atoms with Crippen molar-refractivity contribution in [3.05, 3.63) is 23.7 Å². The predicted octanol–water partition coefficient (Wildman–Crippen LogP) is -0.120. The van der Waals surface area contributed by atoms with E-state index in [-0.39, 0.29) is 31.0 Å². The summed E-state index contributed by atoms with van der Waals surface area (Å²) in [5.41, 5.74) is 0. The topological polar surface area (TPSA) is 112 Å². The summed E-state index contributed by atoms with van der Waals surface area (Å²) in [6.07, 6.45) is -0.364. The molecule has 1 saturated heterocycles. The van der Waals surface area contributed by atoms with E-state index in [4.69, 9.17) is 19.4 Å². The van der Waals surface area contributed by atoms with Gasteiger partial charge in [-0.3, -0.25) is 0 Å². The fourth-order valence-corrected chi connectivity index (χ4v) is 1.88. The van der Waals surface area contributed by atoms with Crippen molar-refractivity contribution in [2.24, 2.45) is 0 Å². The van der Waals surface area contributed by atoms with Gasteiger partial charge < -0.3 is 29.6 Å². The smallest absolute Gasteiger partial charge is 0.371 e. The van der Waals surface area contributed by atoms with E-state index in [0.29, 0.717) is 25.5 Å². The van der Waals surface area contributed by atoms with Crippen LogP contribution in [0.4, 0.5) is 4.79 Å². The number of carboxylic acids is 1. The van der Waals surface area contributed by atoms with Gasteiger partial charge in [0.05, 0.1) is 32.4 Å². The van der Waals surface area contributed by atoms with E-state index in [0.717, 1.165) is 0 Å². The Kier molecular flexibility index (Phi) is 4.59. The Morgan fingerprint density at radius 1 is 1.45 bits per heavy atom. The number of morpholine rings is 1. The SMILES string of the molecule is O=C(O)c1ccc(CNC(=O)N2CCOC(CO)C2)o1. The van der Waals surface area contributed by atoms with Crippen LogP contribution in [0.15, 0.2) is 16.5 Å². The molecule has 1 aromatic rings. The van der Waals surface area contributed by atoms with Crippen LogP contribution in [0.5, 0.6) is 0 Å². The van der Waals surface area contributed by atoms with Gasteiger partial charge in [-0.1, -0.05) is 0 Å². The molecule has 8 heteroatoms. The van der Waals surface area contributed by atoms with Gasteiger partial charge in [0.1, 0.15) is 5.76 Å². The first-order valence-corrected chi connectivity index (χ1v) is 6.17. The Morgan fingerprint density at radius 2 is 2.25 bits per heavy atom. The molecule has 1 aliphatic heterocycles. The zero-order valence-corrected chi connectivity index (χ0v) is 10.7. The van der Waals surface area contributed by atoms with E-state index in [1.54, 1.807) is 0 Å². The molecule has 0 aliphatic carbocycles. The average molecular weight is 284 g/mol. The quantitative estimate of drug-likeness (QED) is 0.710. The Balaban J connectivity index is 1.83. The van der Waals surface area contributed by atoms with Gasteiger partial charge in [0.15, 0.2) is 0 Å². The first-order valence-electron chi connectivity index (χ1n) is 6.17. The largest absolute Gasteiger partial charge is 0.475 e. The molecule has 1 unspecified atom stereocenters. The molecule has 0 aromatic carbocycles. The van der Waals surface area contributed by atoms with Crippen LogP contribution in [-0.2, 0) is 11.3 Å². The third-order valence-corrected chi connectivity index (χ3v) is 2.92. The molecule has 1 fully saturated rings. The van der Waals surface area contributed by atoms with Crippen molar-refractivity contribution in [3.63, 3.8) is 0 Å². The van der Waals surface area contributed by atoms with E-state index < -0.39 is 5.97 Å². The fraction of sp³-hybridized carbons (Fsp3) is 0.500. The van der Waals surface area contributed by atoms with Crippen LogP contribution in [0.2, 0.25) is 0 Å². The van der Waals surface area contributed by atoms with Crippen LogP contribution >= 0.6 is 0 Å². The maximum atomic E-state index is 11.9. The van der Waals surface area contributed by atoms with E-state index >= 15 is 0 Å². The molecule has 20 heavy (non-hydrogen) atoms. The summed E-state index contributed by atoms with van der Waals surface area (Å²) in [5, 5.41) is 20.3. The van der Waals surface area contributed by atoms with Gasteiger partial charge in [0.25, 0.3) is 0 Å². The van der Waals surface area contributed by atoms with Crippen molar-refractivity contribution in [1.82, 2.24) is 10.2 Å². The maximum Gasteiger partial charge on any atom is 0.371 e. The Labute approximate surface area is 114 Å². The van der Waals surface area contributed by atoms with Crippen molar-refractivity contribution in [1.29, 1.82) is 0 Å². The molecule has 2 rings (SSSR count). The third kappa shape index (κ3) is 3.49. The van der Waals surface area contributed by atoms with E-state index in [2.05, 4.69) is 5.32 Å². The second-order valence-corrected chi connectivity index (χ2v) is 4.35. The molecule has 110 valence electrons. The number of carbonyl (C=O) groups is 2. The van der Waals surface area contributed by atoms with Crippen LogP contribution in [-0.4, -0.2) is 59.5 Å². The minimum Gasteiger partial charge on any atom is -0.475 e. The number of carboxylic acid groups (broad SMARTS) is 1. The van der Waals surface area contributed by atoms with Gasteiger partial charge in [-0.05, 0) is 12.1 Å². The number of hydrogen-bond acceptors (Lipinski definition) is 5. The number of urea groups is 1. The number of aliphatic hydroxyl groups is 1. The highest BCUT2D eigenvalue weighted by molar-refractivity contribution is 5.84. The minimum atomic E-state index is -1.15. The summed E-state index contributed by atoms with van der Waals surface area (Å²) in [6, 6.07) is 2.53. The maximum absolute atomic E-state index is 11.9. The molecule has 2 amide bonds. The van der Waals surface area contributed by atoms with E-state index in [1.165, 1.54) is 17.0 Å². The number of amides is 2.